The molecule has 4 nitrogen and oxygen atoms in total. The molecule has 0 aliphatic heterocycles. The number of nitrogens with zero attached hydrogens (tertiary/aromatic N) is 1. The van der Waals surface area contributed by atoms with E-state index in [4.69, 9.17) is 15.6 Å². The van der Waals surface area contributed by atoms with E-state index >= 15 is 0 Å². The van der Waals surface area contributed by atoms with Gasteiger partial charge in [-0.05, 0) is 22.0 Å². The first-order chi connectivity index (χ1) is 6.20. The highest BCUT2D eigenvalue weighted by molar-refractivity contribution is 9.10. The maximum Gasteiger partial charge on any atom is 0.127 e. The molecule has 0 aliphatic carbocycles. The van der Waals surface area contributed by atoms with Crippen LogP contribution < -0.4 is 10.5 Å². The van der Waals surface area contributed by atoms with Gasteiger partial charge in [0.25, 0.3) is 0 Å². The molecule has 0 amide bonds. The molecule has 0 radical (unpaired) electrons. The first-order valence-electron chi connectivity index (χ1n) is 3.75. The van der Waals surface area contributed by atoms with Crippen molar-refractivity contribution in [3.05, 3.63) is 22.4 Å². The molecule has 3 N–H and O–H groups in total. The molecule has 1 rings (SSSR count). The molecule has 1 atom stereocenters. The van der Waals surface area contributed by atoms with Crippen LogP contribution in [0, 0.1) is 0 Å². The molecule has 0 saturated carbocycles. The van der Waals surface area contributed by atoms with E-state index in [2.05, 4.69) is 20.9 Å². The lowest BCUT2D eigenvalue weighted by Gasteiger charge is -2.13. The Labute approximate surface area is 84.9 Å². The highest BCUT2D eigenvalue weighted by Gasteiger charge is 2.15. The Kier molecular flexibility index (Phi) is 3.65. The van der Waals surface area contributed by atoms with Gasteiger partial charge in [-0.1, -0.05) is 0 Å². The number of pyridine rings is 1. The Balaban J connectivity index is 3.14. The zero-order valence-electron chi connectivity index (χ0n) is 7.20. The van der Waals surface area contributed by atoms with Crippen molar-refractivity contribution in [3.63, 3.8) is 0 Å². The highest BCUT2D eigenvalue weighted by Crippen LogP contribution is 2.28. The molecular formula is C8H11BrN2O2. The van der Waals surface area contributed by atoms with Crippen molar-refractivity contribution in [1.29, 1.82) is 0 Å². The van der Waals surface area contributed by atoms with Gasteiger partial charge in [-0.25, -0.2) is 4.98 Å². The topological polar surface area (TPSA) is 68.4 Å². The lowest BCUT2D eigenvalue weighted by atomic mass is 10.1. The maximum atomic E-state index is 8.90. The van der Waals surface area contributed by atoms with Gasteiger partial charge in [0.2, 0.25) is 0 Å². The van der Waals surface area contributed by atoms with E-state index in [1.165, 1.54) is 0 Å². The van der Waals surface area contributed by atoms with E-state index in [1.54, 1.807) is 19.4 Å². The third-order valence-electron chi connectivity index (χ3n) is 1.69. The number of nitrogens with two attached hydrogens (primary N) is 1. The fourth-order valence-electron chi connectivity index (χ4n) is 1.04. The number of rotatable bonds is 3. The molecule has 1 unspecified atom stereocenters. The molecule has 1 heterocycles. The summed E-state index contributed by atoms with van der Waals surface area (Å²) in [5.41, 5.74) is 6.36. The first-order valence-corrected chi connectivity index (χ1v) is 4.54. The molecule has 0 saturated heterocycles. The zero-order valence-corrected chi connectivity index (χ0v) is 8.78. The fraction of sp³-hybridized carbons (Fsp3) is 0.375. The molecule has 13 heavy (non-hydrogen) atoms. The standard InChI is InChI=1S/C8H11BrN2O2/c1-13-6-2-3-11-8(9)7(6)5(10)4-12/h2-3,5,12H,4,10H2,1H3. The van der Waals surface area contributed by atoms with E-state index in [-0.39, 0.29) is 6.61 Å². The molecule has 1 aromatic rings. The van der Waals surface area contributed by atoms with Crippen LogP contribution in [0.4, 0.5) is 0 Å². The average Bonchev–Trinajstić information content (AvgIpc) is 2.16. The van der Waals surface area contributed by atoms with Crippen molar-refractivity contribution < 1.29 is 9.84 Å². The normalized spacial score (nSPS) is 12.6. The minimum atomic E-state index is -0.474. The summed E-state index contributed by atoms with van der Waals surface area (Å²) in [6, 6.07) is 1.23. The van der Waals surface area contributed by atoms with Crippen LogP contribution in [0.25, 0.3) is 0 Å². The Morgan fingerprint density at radius 1 is 1.77 bits per heavy atom. The molecule has 5 heteroatoms. The van der Waals surface area contributed by atoms with Crippen LogP contribution >= 0.6 is 15.9 Å². The molecule has 0 aliphatic rings. The molecule has 1 aromatic heterocycles. The van der Waals surface area contributed by atoms with Crippen LogP contribution in [-0.4, -0.2) is 23.8 Å². The second-order valence-corrected chi connectivity index (χ2v) is 3.26. The molecule has 72 valence electrons. The van der Waals surface area contributed by atoms with Crippen LogP contribution in [0.2, 0.25) is 0 Å². The number of methoxy groups -OCH3 is 1. The van der Waals surface area contributed by atoms with Crippen LogP contribution in [0.15, 0.2) is 16.9 Å². The number of hydrogen-bond donors (Lipinski definition) is 2. The van der Waals surface area contributed by atoms with Gasteiger partial charge in [0, 0.05) is 11.8 Å². The second-order valence-electron chi connectivity index (χ2n) is 2.51. The Bertz CT molecular complexity index is 293. The molecule has 0 aromatic carbocycles. The van der Waals surface area contributed by atoms with Gasteiger partial charge in [0.15, 0.2) is 0 Å². The van der Waals surface area contributed by atoms with Crippen LogP contribution in [0.1, 0.15) is 11.6 Å². The van der Waals surface area contributed by atoms with Crippen molar-refractivity contribution >= 4 is 15.9 Å². The number of aromatic nitrogens is 1. The van der Waals surface area contributed by atoms with E-state index in [9.17, 15) is 0 Å². The quantitative estimate of drug-likeness (QED) is 0.777. The third-order valence-corrected chi connectivity index (χ3v) is 2.32. The summed E-state index contributed by atoms with van der Waals surface area (Å²) in [5, 5.41) is 8.90. The van der Waals surface area contributed by atoms with E-state index in [0.717, 1.165) is 0 Å². The predicted molar refractivity (Wildman–Crippen MR) is 52.5 cm³/mol. The van der Waals surface area contributed by atoms with Crippen molar-refractivity contribution in [3.8, 4) is 5.75 Å². The Morgan fingerprint density at radius 2 is 2.46 bits per heavy atom. The van der Waals surface area contributed by atoms with Crippen LogP contribution in [0.5, 0.6) is 5.75 Å². The lowest BCUT2D eigenvalue weighted by molar-refractivity contribution is 0.264. The summed E-state index contributed by atoms with van der Waals surface area (Å²) in [7, 11) is 1.55. The fourth-order valence-corrected chi connectivity index (χ4v) is 1.64. The predicted octanol–water partition coefficient (Wildman–Crippen LogP) is 0.845. The summed E-state index contributed by atoms with van der Waals surface area (Å²) in [6.07, 6.45) is 1.61. The minimum absolute atomic E-state index is 0.138. The van der Waals surface area contributed by atoms with Gasteiger partial charge < -0.3 is 15.6 Å². The summed E-state index contributed by atoms with van der Waals surface area (Å²) >= 11 is 3.25. The SMILES string of the molecule is COc1ccnc(Br)c1C(N)CO. The number of halogens is 1. The van der Waals surface area contributed by atoms with Gasteiger partial charge in [0.1, 0.15) is 10.4 Å². The van der Waals surface area contributed by atoms with Gasteiger partial charge >= 0.3 is 0 Å². The summed E-state index contributed by atoms with van der Waals surface area (Å²) in [5.74, 6) is 0.628. The summed E-state index contributed by atoms with van der Waals surface area (Å²) in [6.45, 7) is -0.138. The molecular weight excluding hydrogens is 236 g/mol. The van der Waals surface area contributed by atoms with Crippen molar-refractivity contribution in [2.45, 2.75) is 6.04 Å². The van der Waals surface area contributed by atoms with Gasteiger partial charge in [-0.2, -0.15) is 0 Å². The third kappa shape index (κ3) is 2.18. The maximum absolute atomic E-state index is 8.90. The van der Waals surface area contributed by atoms with Crippen molar-refractivity contribution in [2.75, 3.05) is 13.7 Å². The van der Waals surface area contributed by atoms with Gasteiger partial charge in [-0.15, -0.1) is 0 Å². The highest BCUT2D eigenvalue weighted by atomic mass is 79.9. The smallest absolute Gasteiger partial charge is 0.127 e. The number of hydrogen-bond acceptors (Lipinski definition) is 4. The Hall–Kier alpha value is -0.650. The van der Waals surface area contributed by atoms with Gasteiger partial charge in [-0.3, -0.25) is 0 Å². The Morgan fingerprint density at radius 3 is 3.00 bits per heavy atom. The van der Waals surface area contributed by atoms with Crippen LogP contribution in [-0.2, 0) is 0 Å². The van der Waals surface area contributed by atoms with Gasteiger partial charge in [0.05, 0.1) is 19.8 Å². The van der Waals surface area contributed by atoms with E-state index in [1.807, 2.05) is 0 Å². The number of ether oxygens (including phenoxy) is 1. The van der Waals surface area contributed by atoms with E-state index < -0.39 is 6.04 Å². The first kappa shape index (κ1) is 10.4. The molecule has 0 spiro atoms. The van der Waals surface area contributed by atoms with Crippen LogP contribution in [0.3, 0.4) is 0 Å². The summed E-state index contributed by atoms with van der Waals surface area (Å²) < 4.78 is 5.69. The average molecular weight is 247 g/mol. The second kappa shape index (κ2) is 4.55. The lowest BCUT2D eigenvalue weighted by Crippen LogP contribution is -2.16. The summed E-state index contributed by atoms with van der Waals surface area (Å²) in [4.78, 5) is 4.00. The molecule has 0 bridgehead atoms. The van der Waals surface area contributed by atoms with Crippen molar-refractivity contribution in [2.24, 2.45) is 5.73 Å². The minimum Gasteiger partial charge on any atom is -0.496 e. The molecule has 0 fully saturated rings. The number of aliphatic hydroxyl groups excluding tert-OH is 1. The zero-order chi connectivity index (χ0) is 9.84. The number of aliphatic hydroxyl groups is 1. The van der Waals surface area contributed by atoms with E-state index in [0.29, 0.717) is 15.9 Å². The van der Waals surface area contributed by atoms with Crippen molar-refractivity contribution in [1.82, 2.24) is 4.98 Å². The largest absolute Gasteiger partial charge is 0.496 e. The monoisotopic (exact) mass is 246 g/mol.